The van der Waals surface area contributed by atoms with Crippen LogP contribution in [0.1, 0.15) is 65.2 Å². The van der Waals surface area contributed by atoms with E-state index in [0.717, 1.165) is 31.4 Å². The number of ether oxygens (including phenoxy) is 5. The average Bonchev–Trinajstić information content (AvgIpc) is 3.13. The lowest BCUT2D eigenvalue weighted by Gasteiger charge is -2.24. The van der Waals surface area contributed by atoms with Crippen molar-refractivity contribution in [1.82, 2.24) is 14.6 Å². The number of hydrogen-bond acceptors (Lipinski definition) is 9. The number of nitrogens with two attached hydrogens (primary N) is 1. The van der Waals surface area contributed by atoms with Crippen molar-refractivity contribution in [3.8, 4) is 0 Å². The van der Waals surface area contributed by atoms with Gasteiger partial charge in [0.25, 0.3) is 0 Å². The Morgan fingerprint density at radius 3 is 2.81 bits per heavy atom. The lowest BCUT2D eigenvalue weighted by molar-refractivity contribution is -0.186. The van der Waals surface area contributed by atoms with Gasteiger partial charge >= 0.3 is 6.16 Å². The molecule has 2 aromatic rings. The van der Waals surface area contributed by atoms with E-state index in [4.69, 9.17) is 29.4 Å². The van der Waals surface area contributed by atoms with Gasteiger partial charge in [-0.1, -0.05) is 26.2 Å². The van der Waals surface area contributed by atoms with Crippen LogP contribution in [0.2, 0.25) is 0 Å². The summed E-state index contributed by atoms with van der Waals surface area (Å²) in [5.41, 5.74) is 5.63. The molecule has 3 fully saturated rings. The second-order valence-electron chi connectivity index (χ2n) is 9.34. The smallest absolute Gasteiger partial charge is 0.434 e. The van der Waals surface area contributed by atoms with E-state index in [-0.39, 0.29) is 0 Å². The highest BCUT2D eigenvalue weighted by atomic mass is 16.8. The quantitative estimate of drug-likeness (QED) is 0.505. The van der Waals surface area contributed by atoms with Gasteiger partial charge in [0.2, 0.25) is 0 Å². The van der Waals surface area contributed by atoms with Gasteiger partial charge in [-0.25, -0.2) is 14.3 Å². The molecule has 32 heavy (non-hydrogen) atoms. The number of hydrogen-bond donors (Lipinski definition) is 1. The van der Waals surface area contributed by atoms with Crippen molar-refractivity contribution in [2.24, 2.45) is 0 Å². The lowest BCUT2D eigenvalue weighted by atomic mass is 10.0. The monoisotopic (exact) mass is 446 g/mol. The van der Waals surface area contributed by atoms with Gasteiger partial charge < -0.3 is 29.4 Å². The molecule has 1 spiro atoms. The first kappa shape index (κ1) is 21.4. The van der Waals surface area contributed by atoms with E-state index in [1.807, 2.05) is 32.9 Å². The van der Waals surface area contributed by atoms with Crippen LogP contribution in [0.25, 0.3) is 5.52 Å². The molecule has 10 nitrogen and oxygen atoms in total. The number of carbonyl (C=O) groups is 1. The minimum absolute atomic E-state index is 0.336. The summed E-state index contributed by atoms with van der Waals surface area (Å²) in [6, 6.07) is 3.74. The van der Waals surface area contributed by atoms with Crippen LogP contribution in [0.4, 0.5) is 10.6 Å². The third-order valence-electron chi connectivity index (χ3n) is 6.71. The number of carbonyl (C=O) groups excluding carboxylic acids is 1. The summed E-state index contributed by atoms with van der Waals surface area (Å²) in [4.78, 5) is 16.4. The van der Waals surface area contributed by atoms with Crippen LogP contribution < -0.4 is 5.73 Å². The molecule has 0 aromatic carbocycles. The van der Waals surface area contributed by atoms with E-state index in [2.05, 4.69) is 17.0 Å². The number of unbranched alkanes of at least 4 members (excludes halogenated alkanes) is 3. The van der Waals surface area contributed by atoms with E-state index in [1.54, 1.807) is 4.52 Å². The summed E-state index contributed by atoms with van der Waals surface area (Å²) < 4.78 is 31.7. The molecule has 3 aliphatic rings. The number of aromatic nitrogens is 3. The molecule has 5 rings (SSSR count). The largest absolute Gasteiger partial charge is 0.508 e. The number of nitrogen functional groups attached to an aromatic ring is 1. The Bertz CT molecular complexity index is 1040. The molecule has 2 aliphatic heterocycles. The van der Waals surface area contributed by atoms with Crippen LogP contribution in [0.3, 0.4) is 0 Å². The van der Waals surface area contributed by atoms with Crippen LogP contribution in [0.15, 0.2) is 18.5 Å². The molecule has 5 atom stereocenters. The third kappa shape index (κ3) is 3.00. The highest BCUT2D eigenvalue weighted by molar-refractivity contribution is 5.66. The molecular weight excluding hydrogens is 416 g/mol. The SMILES string of the molecule is CCCCCCOC(=O)OC1[C@@]2(C)O[C@@H](c3ccc4c(N)ncnn34)[C@@H]3OC(C)(C)O[C@@]132. The van der Waals surface area contributed by atoms with Crippen molar-refractivity contribution in [1.29, 1.82) is 0 Å². The predicted octanol–water partition coefficient (Wildman–Crippen LogP) is 3.15. The van der Waals surface area contributed by atoms with E-state index in [9.17, 15) is 4.79 Å². The van der Waals surface area contributed by atoms with Gasteiger partial charge in [0, 0.05) is 0 Å². The van der Waals surface area contributed by atoms with E-state index >= 15 is 0 Å². The van der Waals surface area contributed by atoms with E-state index in [0.29, 0.717) is 17.9 Å². The molecule has 1 unspecified atom stereocenters. The molecule has 0 bridgehead atoms. The highest BCUT2D eigenvalue weighted by Crippen LogP contribution is 2.71. The summed E-state index contributed by atoms with van der Waals surface area (Å²) in [5, 5.41) is 4.32. The van der Waals surface area contributed by atoms with Gasteiger partial charge in [-0.05, 0) is 39.3 Å². The minimum atomic E-state index is -0.925. The fraction of sp³-hybridized carbons (Fsp3) is 0.682. The van der Waals surface area contributed by atoms with Gasteiger partial charge in [-0.2, -0.15) is 5.10 Å². The first-order valence-corrected chi connectivity index (χ1v) is 11.2. The Morgan fingerprint density at radius 1 is 1.22 bits per heavy atom. The summed E-state index contributed by atoms with van der Waals surface area (Å²) in [6.45, 7) is 8.03. The Balaban J connectivity index is 1.35. The van der Waals surface area contributed by atoms with Gasteiger partial charge in [-0.3, -0.25) is 0 Å². The van der Waals surface area contributed by atoms with Gasteiger partial charge in [-0.15, -0.1) is 0 Å². The second kappa shape index (κ2) is 7.29. The van der Waals surface area contributed by atoms with Crippen LogP contribution >= 0.6 is 0 Å². The molecule has 10 heteroatoms. The highest BCUT2D eigenvalue weighted by Gasteiger charge is 2.92. The predicted molar refractivity (Wildman–Crippen MR) is 113 cm³/mol. The summed E-state index contributed by atoms with van der Waals surface area (Å²) >= 11 is 0. The summed E-state index contributed by atoms with van der Waals surface area (Å²) in [6.07, 6.45) is 3.15. The molecule has 2 saturated heterocycles. The van der Waals surface area contributed by atoms with E-state index in [1.165, 1.54) is 6.33 Å². The summed E-state index contributed by atoms with van der Waals surface area (Å²) in [5.74, 6) is -0.487. The van der Waals surface area contributed by atoms with Gasteiger partial charge in [0.05, 0.1) is 12.3 Å². The number of anilines is 1. The van der Waals surface area contributed by atoms with Crippen molar-refractivity contribution >= 4 is 17.5 Å². The maximum atomic E-state index is 12.3. The zero-order chi connectivity index (χ0) is 22.7. The standard InChI is InChI=1S/C22H30N4O6/c1-5-6-7-8-11-28-19(27)29-18-21(4)22(18)16(31-20(2,3)32-22)15(30-21)13-9-10-14-17(23)24-12-25-26(13)14/h9-10,12,15-16,18H,5-8,11H2,1-4H3,(H2,23,24,25)/t15-,16-,18?,21+,22+/m0/s1. The molecule has 0 amide bonds. The average molecular weight is 447 g/mol. The van der Waals surface area contributed by atoms with Crippen LogP contribution in [0, 0.1) is 0 Å². The van der Waals surface area contributed by atoms with Crippen molar-refractivity contribution in [3.05, 3.63) is 24.2 Å². The van der Waals surface area contributed by atoms with Gasteiger partial charge in [0.1, 0.15) is 29.7 Å². The first-order chi connectivity index (χ1) is 15.2. The Kier molecular flexibility index (Phi) is 4.88. The summed E-state index contributed by atoms with van der Waals surface area (Å²) in [7, 11) is 0. The molecule has 2 N–H and O–H groups in total. The zero-order valence-corrected chi connectivity index (χ0v) is 18.9. The van der Waals surface area contributed by atoms with E-state index < -0.39 is 41.5 Å². The molecule has 174 valence electrons. The topological polar surface area (TPSA) is 119 Å². The van der Waals surface area contributed by atoms with Crippen LogP contribution in [0.5, 0.6) is 0 Å². The normalized spacial score (nSPS) is 34.3. The minimum Gasteiger partial charge on any atom is -0.434 e. The Hall–Kier alpha value is -2.43. The van der Waals surface area contributed by atoms with Crippen molar-refractivity contribution in [2.45, 2.75) is 88.7 Å². The van der Waals surface area contributed by atoms with Crippen LogP contribution in [-0.4, -0.2) is 56.6 Å². The number of fused-ring (bicyclic) bond motifs is 1. The molecule has 1 saturated carbocycles. The Labute approximate surface area is 186 Å². The fourth-order valence-electron chi connectivity index (χ4n) is 5.20. The maximum Gasteiger partial charge on any atom is 0.508 e. The Morgan fingerprint density at radius 2 is 2.03 bits per heavy atom. The number of rotatable bonds is 7. The molecule has 1 aliphatic carbocycles. The zero-order valence-electron chi connectivity index (χ0n) is 18.9. The second-order valence-corrected chi connectivity index (χ2v) is 9.34. The fourth-order valence-corrected chi connectivity index (χ4v) is 5.20. The molecule has 2 aromatic heterocycles. The first-order valence-electron chi connectivity index (χ1n) is 11.2. The van der Waals surface area contributed by atoms with Crippen molar-refractivity contribution in [3.63, 3.8) is 0 Å². The lowest BCUT2D eigenvalue weighted by Crippen LogP contribution is -2.34. The number of nitrogens with zero attached hydrogens (tertiary/aromatic N) is 3. The molecule has 4 heterocycles. The molecular formula is C22H30N4O6. The van der Waals surface area contributed by atoms with Gasteiger partial charge in [0.15, 0.2) is 23.3 Å². The maximum absolute atomic E-state index is 12.3. The third-order valence-corrected chi connectivity index (χ3v) is 6.71. The van der Waals surface area contributed by atoms with Crippen molar-refractivity contribution < 1.29 is 28.5 Å². The van der Waals surface area contributed by atoms with Crippen LogP contribution in [-0.2, 0) is 23.7 Å². The molecule has 0 radical (unpaired) electrons. The van der Waals surface area contributed by atoms with Crippen molar-refractivity contribution in [2.75, 3.05) is 12.3 Å².